The second-order valence-corrected chi connectivity index (χ2v) is 6.86. The lowest BCUT2D eigenvalue weighted by molar-refractivity contribution is 0.0102. The van der Waals surface area contributed by atoms with Gasteiger partial charge in [0.2, 0.25) is 0 Å². The summed E-state index contributed by atoms with van der Waals surface area (Å²) in [5, 5.41) is 0.624. The van der Waals surface area contributed by atoms with Gasteiger partial charge >= 0.3 is 0 Å². The quantitative estimate of drug-likeness (QED) is 0.857. The summed E-state index contributed by atoms with van der Waals surface area (Å²) in [6.07, 6.45) is 1.03. The molecule has 0 unspecified atom stereocenters. The van der Waals surface area contributed by atoms with Crippen LogP contribution in [0.25, 0.3) is 11.0 Å². The van der Waals surface area contributed by atoms with Gasteiger partial charge in [0.05, 0.1) is 13.2 Å². The molecule has 6 heteroatoms. The smallest absolute Gasteiger partial charge is 0.289 e. The number of hydrogen-bond acceptors (Lipinski definition) is 4. The maximum atomic E-state index is 13.8. The number of amides is 1. The van der Waals surface area contributed by atoms with E-state index >= 15 is 0 Å². The van der Waals surface area contributed by atoms with Gasteiger partial charge in [-0.1, -0.05) is 25.5 Å². The van der Waals surface area contributed by atoms with Crippen molar-refractivity contribution < 1.29 is 18.3 Å². The Kier molecular flexibility index (Phi) is 4.48. The molecule has 5 nitrogen and oxygen atoms in total. The molecular formula is C19H23FN2O3. The zero-order valence-corrected chi connectivity index (χ0v) is 14.4. The van der Waals surface area contributed by atoms with E-state index in [9.17, 15) is 9.18 Å². The number of carbonyl (C=O) groups is 1. The van der Waals surface area contributed by atoms with E-state index in [0.717, 1.165) is 39.3 Å². The van der Waals surface area contributed by atoms with E-state index in [1.807, 2.05) is 4.90 Å². The predicted molar refractivity (Wildman–Crippen MR) is 92.0 cm³/mol. The molecule has 0 aliphatic carbocycles. The number of benzene rings is 1. The normalized spacial score (nSPS) is 25.0. The molecule has 0 saturated carbocycles. The van der Waals surface area contributed by atoms with E-state index in [0.29, 0.717) is 23.9 Å². The third kappa shape index (κ3) is 3.04. The average molecular weight is 346 g/mol. The predicted octanol–water partition coefficient (Wildman–Crippen LogP) is 2.75. The highest BCUT2D eigenvalue weighted by atomic mass is 19.1. The van der Waals surface area contributed by atoms with E-state index in [1.54, 1.807) is 18.2 Å². The Morgan fingerprint density at radius 1 is 1.28 bits per heavy atom. The molecule has 4 rings (SSSR count). The highest BCUT2D eigenvalue weighted by molar-refractivity contribution is 5.96. The molecule has 2 saturated heterocycles. The Hall–Kier alpha value is -1.92. The summed E-state index contributed by atoms with van der Waals surface area (Å²) >= 11 is 0. The molecular weight excluding hydrogens is 323 g/mol. The van der Waals surface area contributed by atoms with Crippen LogP contribution >= 0.6 is 0 Å². The lowest BCUT2D eigenvalue weighted by Gasteiger charge is -2.34. The highest BCUT2D eigenvalue weighted by Gasteiger charge is 2.39. The van der Waals surface area contributed by atoms with Gasteiger partial charge in [0.25, 0.3) is 5.91 Å². The maximum absolute atomic E-state index is 13.8. The molecule has 134 valence electrons. The van der Waals surface area contributed by atoms with Crippen LogP contribution in [-0.4, -0.2) is 61.1 Å². The van der Waals surface area contributed by atoms with E-state index in [4.69, 9.17) is 9.15 Å². The highest BCUT2D eigenvalue weighted by Crippen LogP contribution is 2.29. The van der Waals surface area contributed by atoms with Crippen LogP contribution in [-0.2, 0) is 4.74 Å². The molecule has 2 fully saturated rings. The van der Waals surface area contributed by atoms with E-state index in [1.165, 1.54) is 6.07 Å². The Bertz CT molecular complexity index is 769. The number of rotatable bonds is 3. The van der Waals surface area contributed by atoms with Crippen molar-refractivity contribution in [3.8, 4) is 0 Å². The minimum absolute atomic E-state index is 0.148. The number of carbonyl (C=O) groups excluding carboxylic acids is 1. The van der Waals surface area contributed by atoms with Gasteiger partial charge in [-0.25, -0.2) is 4.39 Å². The zero-order chi connectivity index (χ0) is 17.4. The SMILES string of the molecule is CC[C@H]1CN(C(=O)c2cc3cccc(F)c3o2)C[C@H]1N1CCOCC1. The summed E-state index contributed by atoms with van der Waals surface area (Å²) in [5.41, 5.74) is 0.154. The standard InChI is InChI=1S/C19H23FN2O3/c1-2-13-11-22(12-16(13)21-6-8-24-9-7-21)19(23)17-10-14-4-3-5-15(20)18(14)25-17/h3-5,10,13,16H,2,6-9,11-12H2,1H3/t13-,16+/m0/s1. The third-order valence-electron chi connectivity index (χ3n) is 5.44. The number of furan rings is 1. The summed E-state index contributed by atoms with van der Waals surface area (Å²) < 4.78 is 24.8. The fourth-order valence-corrected chi connectivity index (χ4v) is 4.03. The van der Waals surface area contributed by atoms with Crippen LogP contribution in [0.4, 0.5) is 4.39 Å². The van der Waals surface area contributed by atoms with E-state index < -0.39 is 5.82 Å². The lowest BCUT2D eigenvalue weighted by Crippen LogP contribution is -2.47. The van der Waals surface area contributed by atoms with Crippen LogP contribution in [0.3, 0.4) is 0 Å². The number of likely N-dealkylation sites (tertiary alicyclic amines) is 1. The van der Waals surface area contributed by atoms with Crippen LogP contribution in [0.2, 0.25) is 0 Å². The monoisotopic (exact) mass is 346 g/mol. The van der Waals surface area contributed by atoms with Crippen molar-refractivity contribution in [2.45, 2.75) is 19.4 Å². The molecule has 2 aliphatic heterocycles. The second kappa shape index (κ2) is 6.77. The first kappa shape index (κ1) is 16.5. The fraction of sp³-hybridized carbons (Fsp3) is 0.526. The Balaban J connectivity index is 1.54. The molecule has 0 spiro atoms. The van der Waals surface area contributed by atoms with Gasteiger partial charge in [0.1, 0.15) is 0 Å². The molecule has 1 aromatic carbocycles. The minimum atomic E-state index is -0.435. The van der Waals surface area contributed by atoms with Crippen LogP contribution in [0.15, 0.2) is 28.7 Å². The van der Waals surface area contributed by atoms with Gasteiger partial charge < -0.3 is 14.1 Å². The number of fused-ring (bicyclic) bond motifs is 1. The molecule has 2 aliphatic rings. The molecule has 1 aromatic heterocycles. The van der Waals surface area contributed by atoms with Gasteiger partial charge in [0, 0.05) is 37.6 Å². The maximum Gasteiger partial charge on any atom is 0.289 e. The number of nitrogens with zero attached hydrogens (tertiary/aromatic N) is 2. The van der Waals surface area contributed by atoms with Gasteiger partial charge in [-0.3, -0.25) is 9.69 Å². The number of morpholine rings is 1. The molecule has 3 heterocycles. The summed E-state index contributed by atoms with van der Waals surface area (Å²) in [5.74, 6) is 0.0844. The van der Waals surface area contributed by atoms with Crippen molar-refractivity contribution in [2.75, 3.05) is 39.4 Å². The van der Waals surface area contributed by atoms with Crippen LogP contribution < -0.4 is 0 Å². The topological polar surface area (TPSA) is 45.9 Å². The van der Waals surface area contributed by atoms with Crippen LogP contribution in [0.5, 0.6) is 0 Å². The molecule has 2 aromatic rings. The largest absolute Gasteiger partial charge is 0.448 e. The zero-order valence-electron chi connectivity index (χ0n) is 14.4. The molecule has 0 radical (unpaired) electrons. The number of para-hydroxylation sites is 1. The molecule has 0 bridgehead atoms. The molecule has 1 amide bonds. The molecule has 2 atom stereocenters. The van der Waals surface area contributed by atoms with Gasteiger partial charge in [-0.05, 0) is 18.1 Å². The van der Waals surface area contributed by atoms with Crippen LogP contribution in [0.1, 0.15) is 23.9 Å². The third-order valence-corrected chi connectivity index (χ3v) is 5.44. The summed E-state index contributed by atoms with van der Waals surface area (Å²) in [6, 6.07) is 6.73. The van der Waals surface area contributed by atoms with Crippen molar-refractivity contribution >= 4 is 16.9 Å². The summed E-state index contributed by atoms with van der Waals surface area (Å²) in [4.78, 5) is 17.2. The Labute approximate surface area is 146 Å². The van der Waals surface area contributed by atoms with Crippen molar-refractivity contribution in [1.82, 2.24) is 9.80 Å². The average Bonchev–Trinajstić information content (AvgIpc) is 3.27. The second-order valence-electron chi connectivity index (χ2n) is 6.86. The first-order valence-electron chi connectivity index (χ1n) is 8.96. The fourth-order valence-electron chi connectivity index (χ4n) is 4.03. The van der Waals surface area contributed by atoms with Gasteiger partial charge in [-0.15, -0.1) is 0 Å². The van der Waals surface area contributed by atoms with E-state index in [2.05, 4.69) is 11.8 Å². The van der Waals surface area contributed by atoms with Crippen LogP contribution in [0, 0.1) is 11.7 Å². The molecule has 25 heavy (non-hydrogen) atoms. The number of halogens is 1. The van der Waals surface area contributed by atoms with Gasteiger partial charge in [0.15, 0.2) is 17.2 Å². The van der Waals surface area contributed by atoms with E-state index in [-0.39, 0.29) is 17.3 Å². The Morgan fingerprint density at radius 3 is 2.80 bits per heavy atom. The Morgan fingerprint density at radius 2 is 2.08 bits per heavy atom. The summed E-state index contributed by atoms with van der Waals surface area (Å²) in [7, 11) is 0. The summed E-state index contributed by atoms with van der Waals surface area (Å²) in [6.45, 7) is 6.92. The van der Waals surface area contributed by atoms with Gasteiger partial charge in [-0.2, -0.15) is 0 Å². The first-order chi connectivity index (χ1) is 12.2. The van der Waals surface area contributed by atoms with Crippen molar-refractivity contribution in [3.05, 3.63) is 35.8 Å². The first-order valence-corrected chi connectivity index (χ1v) is 8.96. The van der Waals surface area contributed by atoms with Crippen molar-refractivity contribution in [1.29, 1.82) is 0 Å². The number of hydrogen-bond donors (Lipinski definition) is 0. The lowest BCUT2D eigenvalue weighted by atomic mass is 9.99. The van der Waals surface area contributed by atoms with Crippen molar-refractivity contribution in [2.24, 2.45) is 5.92 Å². The molecule has 0 N–H and O–H groups in total. The minimum Gasteiger partial charge on any atom is -0.448 e. The number of ether oxygens (including phenoxy) is 1. The van der Waals surface area contributed by atoms with Crippen molar-refractivity contribution in [3.63, 3.8) is 0 Å².